The van der Waals surface area contributed by atoms with Crippen LogP contribution in [0.15, 0.2) is 5.51 Å². The van der Waals surface area contributed by atoms with Crippen LogP contribution < -0.4 is 0 Å². The zero-order valence-electron chi connectivity index (χ0n) is 8.63. The van der Waals surface area contributed by atoms with E-state index in [1.54, 1.807) is 0 Å². The number of carbonyl (C=O) groups excluding carboxylic acids is 1. The number of amides is 1. The lowest BCUT2D eigenvalue weighted by Crippen LogP contribution is -2.48. The van der Waals surface area contributed by atoms with Crippen LogP contribution in [-0.2, 0) is 9.53 Å². The molecule has 1 saturated heterocycles. The van der Waals surface area contributed by atoms with E-state index in [1.165, 1.54) is 10.4 Å². The molecule has 2 heterocycles. The summed E-state index contributed by atoms with van der Waals surface area (Å²) in [6.45, 7) is 0.596. The summed E-state index contributed by atoms with van der Waals surface area (Å²) in [7, 11) is 0. The summed E-state index contributed by atoms with van der Waals surface area (Å²) >= 11 is 6.90. The van der Waals surface area contributed by atoms with Gasteiger partial charge < -0.3 is 14.7 Å². The van der Waals surface area contributed by atoms with Crippen LogP contribution in [0.4, 0.5) is 0 Å². The van der Waals surface area contributed by atoms with Crippen LogP contribution in [0.3, 0.4) is 0 Å². The molecule has 1 atom stereocenters. The van der Waals surface area contributed by atoms with Crippen LogP contribution in [0.1, 0.15) is 9.67 Å². The van der Waals surface area contributed by atoms with Gasteiger partial charge in [0.25, 0.3) is 5.91 Å². The minimum Gasteiger partial charge on any atom is -0.479 e. The van der Waals surface area contributed by atoms with E-state index in [1.807, 2.05) is 0 Å². The maximum absolute atomic E-state index is 12.0. The Labute approximate surface area is 106 Å². The number of halogens is 1. The zero-order valence-corrected chi connectivity index (χ0v) is 10.2. The van der Waals surface area contributed by atoms with Gasteiger partial charge in [0, 0.05) is 6.54 Å². The summed E-state index contributed by atoms with van der Waals surface area (Å²) in [5.74, 6) is -1.37. The van der Waals surface area contributed by atoms with Gasteiger partial charge in [-0.2, -0.15) is 0 Å². The van der Waals surface area contributed by atoms with Crippen molar-refractivity contribution in [3.8, 4) is 0 Å². The van der Waals surface area contributed by atoms with Crippen LogP contribution in [0.5, 0.6) is 0 Å². The summed E-state index contributed by atoms with van der Waals surface area (Å²) in [6.07, 6.45) is -0.973. The third-order valence-electron chi connectivity index (χ3n) is 2.35. The number of carboxylic acid groups (broad SMARTS) is 1. The maximum atomic E-state index is 12.0. The van der Waals surface area contributed by atoms with Gasteiger partial charge in [-0.25, -0.2) is 9.78 Å². The standard InChI is InChI=1S/C9H9ClN2O4S/c10-7-6(17-4-11-7)8(13)12-1-2-16-5(3-12)9(14)15/h4-5H,1-3H2,(H,14,15). The Balaban J connectivity index is 2.10. The van der Waals surface area contributed by atoms with Gasteiger partial charge in [0.15, 0.2) is 11.3 Å². The Bertz CT molecular complexity index is 450. The lowest BCUT2D eigenvalue weighted by Gasteiger charge is -2.30. The Morgan fingerprint density at radius 1 is 1.65 bits per heavy atom. The summed E-state index contributed by atoms with van der Waals surface area (Å²) in [6, 6.07) is 0. The van der Waals surface area contributed by atoms with Crippen LogP contribution in [0, 0.1) is 0 Å². The normalized spacial score (nSPS) is 20.3. The number of aliphatic carboxylic acids is 1. The number of nitrogens with zero attached hydrogens (tertiary/aromatic N) is 2. The van der Waals surface area contributed by atoms with E-state index in [9.17, 15) is 9.59 Å². The molecule has 1 N–H and O–H groups in total. The Kier molecular flexibility index (Phi) is 3.60. The number of thiazole rings is 1. The van der Waals surface area contributed by atoms with Crippen molar-refractivity contribution in [3.63, 3.8) is 0 Å². The first-order valence-electron chi connectivity index (χ1n) is 4.82. The molecule has 1 aliphatic heterocycles. The van der Waals surface area contributed by atoms with Crippen molar-refractivity contribution in [1.29, 1.82) is 0 Å². The summed E-state index contributed by atoms with van der Waals surface area (Å²) < 4.78 is 5.03. The van der Waals surface area contributed by atoms with E-state index >= 15 is 0 Å². The van der Waals surface area contributed by atoms with Crippen molar-refractivity contribution in [2.24, 2.45) is 0 Å². The van der Waals surface area contributed by atoms with Crippen molar-refractivity contribution in [3.05, 3.63) is 15.5 Å². The summed E-state index contributed by atoms with van der Waals surface area (Å²) in [5.41, 5.74) is 1.48. The van der Waals surface area contributed by atoms with E-state index in [-0.39, 0.29) is 24.2 Å². The second-order valence-electron chi connectivity index (χ2n) is 3.42. The van der Waals surface area contributed by atoms with Crippen molar-refractivity contribution < 1.29 is 19.4 Å². The predicted octanol–water partition coefficient (Wildman–Crippen LogP) is 0.722. The first-order chi connectivity index (χ1) is 8.09. The highest BCUT2D eigenvalue weighted by Crippen LogP contribution is 2.21. The quantitative estimate of drug-likeness (QED) is 0.861. The highest BCUT2D eigenvalue weighted by molar-refractivity contribution is 7.12. The number of aromatic nitrogens is 1. The lowest BCUT2D eigenvalue weighted by atomic mass is 10.2. The number of carbonyl (C=O) groups is 2. The molecular formula is C9H9ClN2O4S. The maximum Gasteiger partial charge on any atom is 0.334 e. The lowest BCUT2D eigenvalue weighted by molar-refractivity contribution is -0.154. The molecule has 2 rings (SSSR count). The first-order valence-corrected chi connectivity index (χ1v) is 6.08. The third kappa shape index (κ3) is 2.56. The van der Waals surface area contributed by atoms with Gasteiger partial charge in [-0.15, -0.1) is 11.3 Å². The molecule has 92 valence electrons. The largest absolute Gasteiger partial charge is 0.479 e. The molecule has 0 aliphatic carbocycles. The molecule has 6 nitrogen and oxygen atoms in total. The molecule has 1 aliphatic rings. The van der Waals surface area contributed by atoms with E-state index in [0.29, 0.717) is 11.4 Å². The van der Waals surface area contributed by atoms with Crippen LogP contribution in [0.2, 0.25) is 5.15 Å². The van der Waals surface area contributed by atoms with Gasteiger partial charge in [-0.3, -0.25) is 4.79 Å². The molecule has 8 heteroatoms. The number of ether oxygens (including phenoxy) is 1. The summed E-state index contributed by atoms with van der Waals surface area (Å²) in [5, 5.41) is 8.98. The average Bonchev–Trinajstić information content (AvgIpc) is 2.74. The van der Waals surface area contributed by atoms with Crippen molar-refractivity contribution in [1.82, 2.24) is 9.88 Å². The third-order valence-corrected chi connectivity index (χ3v) is 3.56. The number of hydrogen-bond acceptors (Lipinski definition) is 5. The molecule has 1 amide bonds. The smallest absolute Gasteiger partial charge is 0.334 e. The first kappa shape index (κ1) is 12.3. The predicted molar refractivity (Wildman–Crippen MR) is 60.4 cm³/mol. The average molecular weight is 277 g/mol. The fourth-order valence-corrected chi connectivity index (χ4v) is 2.46. The second-order valence-corrected chi connectivity index (χ2v) is 4.63. The molecule has 1 fully saturated rings. The molecular weight excluding hydrogens is 268 g/mol. The van der Waals surface area contributed by atoms with Gasteiger partial charge in [0.1, 0.15) is 4.88 Å². The molecule has 0 bridgehead atoms. The van der Waals surface area contributed by atoms with E-state index < -0.39 is 12.1 Å². The molecule has 17 heavy (non-hydrogen) atoms. The number of rotatable bonds is 2. The van der Waals surface area contributed by atoms with Crippen molar-refractivity contribution in [2.45, 2.75) is 6.10 Å². The topological polar surface area (TPSA) is 79.7 Å². The number of morpholine rings is 1. The van der Waals surface area contributed by atoms with Gasteiger partial charge in [-0.05, 0) is 0 Å². The van der Waals surface area contributed by atoms with Crippen molar-refractivity contribution >= 4 is 34.8 Å². The Hall–Kier alpha value is -1.18. The fourth-order valence-electron chi connectivity index (χ4n) is 1.50. The van der Waals surface area contributed by atoms with Crippen LogP contribution in [-0.4, -0.2) is 52.7 Å². The highest BCUT2D eigenvalue weighted by atomic mass is 35.5. The van der Waals surface area contributed by atoms with E-state index in [0.717, 1.165) is 11.3 Å². The number of carboxylic acids is 1. The molecule has 0 aromatic carbocycles. The molecule has 1 aromatic rings. The Morgan fingerprint density at radius 2 is 2.41 bits per heavy atom. The van der Waals surface area contributed by atoms with Crippen LogP contribution in [0.25, 0.3) is 0 Å². The number of hydrogen-bond donors (Lipinski definition) is 1. The van der Waals surface area contributed by atoms with Crippen molar-refractivity contribution in [2.75, 3.05) is 19.7 Å². The summed E-state index contributed by atoms with van der Waals surface area (Å²) in [4.78, 5) is 28.3. The SMILES string of the molecule is O=C(O)C1CN(C(=O)c2scnc2Cl)CCO1. The molecule has 0 spiro atoms. The monoisotopic (exact) mass is 276 g/mol. The minimum atomic E-state index is -1.07. The molecule has 1 unspecified atom stereocenters. The zero-order chi connectivity index (χ0) is 12.4. The highest BCUT2D eigenvalue weighted by Gasteiger charge is 2.30. The molecule has 0 radical (unpaired) electrons. The van der Waals surface area contributed by atoms with Gasteiger partial charge >= 0.3 is 5.97 Å². The van der Waals surface area contributed by atoms with Gasteiger partial charge in [-0.1, -0.05) is 11.6 Å². The molecule has 0 saturated carbocycles. The van der Waals surface area contributed by atoms with Crippen LogP contribution >= 0.6 is 22.9 Å². The van der Waals surface area contributed by atoms with Gasteiger partial charge in [0.2, 0.25) is 0 Å². The second kappa shape index (κ2) is 4.99. The van der Waals surface area contributed by atoms with E-state index in [2.05, 4.69) is 4.98 Å². The molecule has 1 aromatic heterocycles. The van der Waals surface area contributed by atoms with Gasteiger partial charge in [0.05, 0.1) is 18.7 Å². The minimum absolute atomic E-state index is 0.0302. The fraction of sp³-hybridized carbons (Fsp3) is 0.444. The Morgan fingerprint density at radius 3 is 3.00 bits per heavy atom. The van der Waals surface area contributed by atoms with E-state index in [4.69, 9.17) is 21.4 Å².